The van der Waals surface area contributed by atoms with Crippen molar-refractivity contribution in [1.82, 2.24) is 0 Å². The molecule has 3 nitrogen and oxygen atoms in total. The van der Waals surface area contributed by atoms with Crippen molar-refractivity contribution in [2.75, 3.05) is 6.61 Å². The molecule has 1 aromatic rings. The fourth-order valence-corrected chi connectivity index (χ4v) is 1.49. The number of para-hydroxylation sites is 1. The van der Waals surface area contributed by atoms with Crippen LogP contribution in [0.15, 0.2) is 24.3 Å². The van der Waals surface area contributed by atoms with Gasteiger partial charge in [-0.25, -0.2) is 0 Å². The smallest absolute Gasteiger partial charge is 0.130 e. The average molecular weight is 220 g/mol. The molecular formula is C13H20N2O. The number of nitrogens with one attached hydrogen (secondary N) is 1. The number of amidine groups is 1. The van der Waals surface area contributed by atoms with Gasteiger partial charge in [-0.3, -0.25) is 5.41 Å². The first-order valence-electron chi connectivity index (χ1n) is 5.67. The Balaban J connectivity index is 2.50. The highest BCUT2D eigenvalue weighted by Gasteiger charge is 2.05. The third-order valence-corrected chi connectivity index (χ3v) is 2.36. The number of nitrogen functional groups attached to an aromatic ring is 1. The summed E-state index contributed by atoms with van der Waals surface area (Å²) in [7, 11) is 0. The summed E-state index contributed by atoms with van der Waals surface area (Å²) < 4.78 is 5.63. The summed E-state index contributed by atoms with van der Waals surface area (Å²) in [6.45, 7) is 5.08. The molecule has 0 bridgehead atoms. The summed E-state index contributed by atoms with van der Waals surface area (Å²) in [5, 5.41) is 7.42. The van der Waals surface area contributed by atoms with Crippen molar-refractivity contribution in [2.24, 2.45) is 11.7 Å². The van der Waals surface area contributed by atoms with Crippen LogP contribution in [0.1, 0.15) is 32.3 Å². The molecule has 0 saturated carbocycles. The molecule has 0 aliphatic heterocycles. The summed E-state index contributed by atoms with van der Waals surface area (Å²) in [5.74, 6) is 1.46. The summed E-state index contributed by atoms with van der Waals surface area (Å²) in [4.78, 5) is 0. The lowest BCUT2D eigenvalue weighted by Gasteiger charge is -2.10. The molecule has 16 heavy (non-hydrogen) atoms. The SMILES string of the molecule is CC(C)CCCOc1ccccc1C(=N)N. The van der Waals surface area contributed by atoms with Crippen molar-refractivity contribution < 1.29 is 4.74 Å². The molecule has 0 heterocycles. The maximum absolute atomic E-state index is 7.42. The molecule has 0 aliphatic carbocycles. The molecule has 1 aromatic carbocycles. The minimum atomic E-state index is 0.0551. The third-order valence-electron chi connectivity index (χ3n) is 2.36. The molecule has 0 spiro atoms. The van der Waals surface area contributed by atoms with Gasteiger partial charge in [-0.1, -0.05) is 26.0 Å². The van der Waals surface area contributed by atoms with Crippen LogP contribution in [-0.2, 0) is 0 Å². The minimum absolute atomic E-state index is 0.0551. The Kier molecular flexibility index (Phi) is 4.83. The van der Waals surface area contributed by atoms with E-state index in [1.165, 1.54) is 0 Å². The zero-order valence-electron chi connectivity index (χ0n) is 9.99. The van der Waals surface area contributed by atoms with Gasteiger partial charge in [0.15, 0.2) is 0 Å². The number of ether oxygens (including phenoxy) is 1. The molecule has 0 fully saturated rings. The van der Waals surface area contributed by atoms with Crippen LogP contribution in [0, 0.1) is 11.3 Å². The van der Waals surface area contributed by atoms with E-state index in [-0.39, 0.29) is 5.84 Å². The first-order chi connectivity index (χ1) is 7.61. The monoisotopic (exact) mass is 220 g/mol. The highest BCUT2D eigenvalue weighted by Crippen LogP contribution is 2.17. The highest BCUT2D eigenvalue weighted by molar-refractivity contribution is 5.97. The van der Waals surface area contributed by atoms with Crippen molar-refractivity contribution in [3.05, 3.63) is 29.8 Å². The maximum atomic E-state index is 7.42. The molecule has 0 unspecified atom stereocenters. The van der Waals surface area contributed by atoms with Crippen LogP contribution < -0.4 is 10.5 Å². The Morgan fingerprint density at radius 1 is 1.38 bits per heavy atom. The van der Waals surface area contributed by atoms with E-state index >= 15 is 0 Å². The molecule has 0 atom stereocenters. The van der Waals surface area contributed by atoms with Crippen LogP contribution in [0.3, 0.4) is 0 Å². The van der Waals surface area contributed by atoms with Crippen LogP contribution in [0.4, 0.5) is 0 Å². The van der Waals surface area contributed by atoms with Gasteiger partial charge in [0.25, 0.3) is 0 Å². The van der Waals surface area contributed by atoms with E-state index in [2.05, 4.69) is 13.8 Å². The molecule has 0 amide bonds. The van der Waals surface area contributed by atoms with Crippen LogP contribution in [0.2, 0.25) is 0 Å². The van der Waals surface area contributed by atoms with E-state index in [4.69, 9.17) is 15.9 Å². The molecule has 3 heteroatoms. The van der Waals surface area contributed by atoms with Gasteiger partial charge in [0.05, 0.1) is 12.2 Å². The van der Waals surface area contributed by atoms with Gasteiger partial charge < -0.3 is 10.5 Å². The fraction of sp³-hybridized carbons (Fsp3) is 0.462. The summed E-state index contributed by atoms with van der Waals surface area (Å²) in [6.07, 6.45) is 2.19. The molecule has 0 radical (unpaired) electrons. The van der Waals surface area contributed by atoms with Crippen LogP contribution in [0.25, 0.3) is 0 Å². The zero-order chi connectivity index (χ0) is 12.0. The highest BCUT2D eigenvalue weighted by atomic mass is 16.5. The van der Waals surface area contributed by atoms with Crippen molar-refractivity contribution in [1.29, 1.82) is 5.41 Å². The summed E-state index contributed by atoms with van der Waals surface area (Å²) in [6, 6.07) is 7.41. The molecule has 88 valence electrons. The molecule has 3 N–H and O–H groups in total. The van der Waals surface area contributed by atoms with Gasteiger partial charge in [0.1, 0.15) is 11.6 Å². The molecular weight excluding hydrogens is 200 g/mol. The Bertz CT molecular complexity index is 348. The van der Waals surface area contributed by atoms with E-state index < -0.39 is 0 Å². The Morgan fingerprint density at radius 2 is 2.06 bits per heavy atom. The maximum Gasteiger partial charge on any atom is 0.130 e. The van der Waals surface area contributed by atoms with Gasteiger partial charge in [-0.2, -0.15) is 0 Å². The molecule has 0 aromatic heterocycles. The van der Waals surface area contributed by atoms with Gasteiger partial charge in [0, 0.05) is 0 Å². The first kappa shape index (κ1) is 12.6. The fourth-order valence-electron chi connectivity index (χ4n) is 1.49. The second-order valence-corrected chi connectivity index (χ2v) is 4.29. The molecule has 1 rings (SSSR count). The first-order valence-corrected chi connectivity index (χ1v) is 5.67. The number of rotatable bonds is 6. The summed E-state index contributed by atoms with van der Waals surface area (Å²) >= 11 is 0. The van der Waals surface area contributed by atoms with Crippen molar-refractivity contribution in [3.63, 3.8) is 0 Å². The largest absolute Gasteiger partial charge is 0.493 e. The quantitative estimate of drug-likeness (QED) is 0.440. The average Bonchev–Trinajstić information content (AvgIpc) is 2.24. The van der Waals surface area contributed by atoms with Gasteiger partial charge in [-0.05, 0) is 30.9 Å². The standard InChI is InChI=1S/C13H20N2O/c1-10(2)6-5-9-16-12-8-4-3-7-11(12)13(14)15/h3-4,7-8,10H,5-6,9H2,1-2H3,(H3,14,15). The van der Waals surface area contributed by atoms with Gasteiger partial charge in [-0.15, -0.1) is 0 Å². The van der Waals surface area contributed by atoms with Crippen molar-refractivity contribution in [3.8, 4) is 5.75 Å². The van der Waals surface area contributed by atoms with E-state index in [1.807, 2.05) is 18.2 Å². The molecule has 0 saturated heterocycles. The Labute approximate surface area is 97.1 Å². The van der Waals surface area contributed by atoms with E-state index in [0.29, 0.717) is 23.8 Å². The zero-order valence-corrected chi connectivity index (χ0v) is 9.99. The normalized spacial score (nSPS) is 10.4. The third kappa shape index (κ3) is 3.93. The number of nitrogens with two attached hydrogens (primary N) is 1. The number of hydrogen-bond donors (Lipinski definition) is 2. The van der Waals surface area contributed by atoms with E-state index in [1.54, 1.807) is 6.07 Å². The lowest BCUT2D eigenvalue weighted by molar-refractivity contribution is 0.297. The second-order valence-electron chi connectivity index (χ2n) is 4.29. The van der Waals surface area contributed by atoms with Crippen molar-refractivity contribution >= 4 is 5.84 Å². The lowest BCUT2D eigenvalue weighted by Crippen LogP contribution is -2.13. The minimum Gasteiger partial charge on any atom is -0.493 e. The Hall–Kier alpha value is -1.51. The lowest BCUT2D eigenvalue weighted by atomic mass is 10.1. The predicted molar refractivity (Wildman–Crippen MR) is 67.0 cm³/mol. The van der Waals surface area contributed by atoms with Crippen LogP contribution in [-0.4, -0.2) is 12.4 Å². The topological polar surface area (TPSA) is 59.1 Å². The van der Waals surface area contributed by atoms with Gasteiger partial charge in [0.2, 0.25) is 0 Å². The van der Waals surface area contributed by atoms with Crippen LogP contribution >= 0.6 is 0 Å². The predicted octanol–water partition coefficient (Wildman–Crippen LogP) is 2.79. The Morgan fingerprint density at radius 3 is 2.69 bits per heavy atom. The van der Waals surface area contributed by atoms with Gasteiger partial charge >= 0.3 is 0 Å². The summed E-state index contributed by atoms with van der Waals surface area (Å²) in [5.41, 5.74) is 6.14. The number of benzene rings is 1. The molecule has 0 aliphatic rings. The van der Waals surface area contributed by atoms with Crippen LogP contribution in [0.5, 0.6) is 5.75 Å². The number of hydrogen-bond acceptors (Lipinski definition) is 2. The van der Waals surface area contributed by atoms with E-state index in [9.17, 15) is 0 Å². The second kappa shape index (κ2) is 6.16. The van der Waals surface area contributed by atoms with E-state index in [0.717, 1.165) is 12.8 Å². The van der Waals surface area contributed by atoms with Crippen molar-refractivity contribution in [2.45, 2.75) is 26.7 Å².